The van der Waals surface area contributed by atoms with Crippen LogP contribution in [-0.4, -0.2) is 27.9 Å². The molecule has 0 rings (SSSR count). The maximum absolute atomic E-state index is 11.5. The van der Waals surface area contributed by atoms with E-state index in [1.165, 1.54) is 6.92 Å². The van der Waals surface area contributed by atoms with Gasteiger partial charge in [-0.2, -0.15) is 0 Å². The molecule has 15 heavy (non-hydrogen) atoms. The van der Waals surface area contributed by atoms with Crippen LogP contribution in [0.25, 0.3) is 0 Å². The maximum Gasteiger partial charge on any atom is 0.373 e. The quantitative estimate of drug-likeness (QED) is 0.513. The zero-order valence-corrected chi connectivity index (χ0v) is 9.11. The van der Waals surface area contributed by atoms with Crippen LogP contribution >= 0.6 is 0 Å². The fourth-order valence-electron chi connectivity index (χ4n) is 1.73. The van der Waals surface area contributed by atoms with Crippen LogP contribution in [0, 0.1) is 11.3 Å². The minimum atomic E-state index is -1.79. The van der Waals surface area contributed by atoms with Crippen LogP contribution in [0.1, 0.15) is 33.6 Å². The summed E-state index contributed by atoms with van der Waals surface area (Å²) in [7, 11) is 0. The molecule has 0 aromatic heterocycles. The summed E-state index contributed by atoms with van der Waals surface area (Å²) in [4.78, 5) is 33.2. The van der Waals surface area contributed by atoms with E-state index >= 15 is 0 Å². The highest BCUT2D eigenvalue weighted by Crippen LogP contribution is 2.35. The van der Waals surface area contributed by atoms with E-state index in [9.17, 15) is 14.4 Å². The Bertz CT molecular complexity index is 284. The van der Waals surface area contributed by atoms with Crippen LogP contribution in [0.2, 0.25) is 0 Å². The smallest absolute Gasteiger partial charge is 0.373 e. The molecule has 86 valence electrons. The first-order valence-electron chi connectivity index (χ1n) is 4.85. The Hall–Kier alpha value is -1.39. The molecule has 0 saturated heterocycles. The number of rotatable bonds is 6. The lowest BCUT2D eigenvalue weighted by Gasteiger charge is -2.30. The molecule has 2 unspecified atom stereocenters. The van der Waals surface area contributed by atoms with Crippen LogP contribution in [0.3, 0.4) is 0 Å². The first-order valence-corrected chi connectivity index (χ1v) is 4.85. The lowest BCUT2D eigenvalue weighted by molar-refractivity contribution is -0.167. The van der Waals surface area contributed by atoms with Gasteiger partial charge in [-0.05, 0) is 12.3 Å². The molecule has 0 bridgehead atoms. The molecule has 0 radical (unpaired) electrons. The molecule has 2 N–H and O–H groups in total. The third kappa shape index (κ3) is 2.16. The average molecular weight is 216 g/mol. The topological polar surface area (TPSA) is 91.7 Å². The van der Waals surface area contributed by atoms with Crippen LogP contribution in [0.4, 0.5) is 0 Å². The number of carboxylic acid groups (broad SMARTS) is 2. The van der Waals surface area contributed by atoms with Crippen molar-refractivity contribution in [3.8, 4) is 0 Å². The van der Waals surface area contributed by atoms with E-state index in [1.54, 1.807) is 13.8 Å². The molecule has 0 aromatic carbocycles. The van der Waals surface area contributed by atoms with Crippen molar-refractivity contribution in [3.63, 3.8) is 0 Å². The molecular weight excluding hydrogens is 200 g/mol. The van der Waals surface area contributed by atoms with E-state index in [2.05, 4.69) is 0 Å². The number of carboxylic acids is 2. The monoisotopic (exact) mass is 216 g/mol. The molecule has 5 heteroatoms. The third-order valence-electron chi connectivity index (χ3n) is 2.99. The average Bonchev–Trinajstić information content (AvgIpc) is 2.18. The van der Waals surface area contributed by atoms with Crippen molar-refractivity contribution >= 4 is 17.7 Å². The Balaban J connectivity index is 5.44. The van der Waals surface area contributed by atoms with Gasteiger partial charge in [-0.3, -0.25) is 9.59 Å². The van der Waals surface area contributed by atoms with Gasteiger partial charge in [0.05, 0.1) is 0 Å². The second kappa shape index (κ2) is 4.91. The maximum atomic E-state index is 11.5. The van der Waals surface area contributed by atoms with Gasteiger partial charge >= 0.3 is 11.9 Å². The predicted octanol–water partition coefficient (Wildman–Crippen LogP) is 1.17. The van der Waals surface area contributed by atoms with Gasteiger partial charge < -0.3 is 10.2 Å². The molecule has 0 amide bonds. The molecule has 5 nitrogen and oxygen atoms in total. The van der Waals surface area contributed by atoms with Gasteiger partial charge in [0.25, 0.3) is 5.78 Å². The lowest BCUT2D eigenvalue weighted by Crippen LogP contribution is -2.47. The van der Waals surface area contributed by atoms with Crippen LogP contribution in [-0.2, 0) is 14.4 Å². The summed E-state index contributed by atoms with van der Waals surface area (Å²) in [6.07, 6.45) is 0.432. The van der Waals surface area contributed by atoms with Gasteiger partial charge in [-0.15, -0.1) is 0 Å². The zero-order chi connectivity index (χ0) is 12.2. The SMILES string of the molecule is CCC(C)C(CC)(C(=O)O)C(=O)C(=O)O. The first kappa shape index (κ1) is 13.6. The molecule has 0 heterocycles. The third-order valence-corrected chi connectivity index (χ3v) is 2.99. The van der Waals surface area contributed by atoms with Crippen molar-refractivity contribution in [1.29, 1.82) is 0 Å². The van der Waals surface area contributed by atoms with Crippen LogP contribution in [0.5, 0.6) is 0 Å². The van der Waals surface area contributed by atoms with Crippen molar-refractivity contribution in [1.82, 2.24) is 0 Å². The number of hydrogen-bond donors (Lipinski definition) is 2. The summed E-state index contributed by atoms with van der Waals surface area (Å²) < 4.78 is 0. The van der Waals surface area contributed by atoms with Crippen molar-refractivity contribution in [3.05, 3.63) is 0 Å². The predicted molar refractivity (Wildman–Crippen MR) is 52.5 cm³/mol. The van der Waals surface area contributed by atoms with Crippen molar-refractivity contribution < 1.29 is 24.6 Å². The minimum absolute atomic E-state index is 0.0114. The highest BCUT2D eigenvalue weighted by atomic mass is 16.4. The van der Waals surface area contributed by atoms with Gasteiger partial charge in [0.1, 0.15) is 5.41 Å². The molecule has 0 aliphatic carbocycles. The summed E-state index contributed by atoms with van der Waals surface area (Å²) in [5.74, 6) is -4.76. The number of carbonyl (C=O) groups excluding carboxylic acids is 1. The summed E-state index contributed by atoms with van der Waals surface area (Å²) in [5.41, 5.74) is -1.79. The Morgan fingerprint density at radius 2 is 1.67 bits per heavy atom. The fourth-order valence-corrected chi connectivity index (χ4v) is 1.73. The Labute approximate surface area is 88.1 Å². The van der Waals surface area contributed by atoms with Crippen molar-refractivity contribution in [2.24, 2.45) is 11.3 Å². The van der Waals surface area contributed by atoms with E-state index in [-0.39, 0.29) is 6.42 Å². The van der Waals surface area contributed by atoms with E-state index in [0.29, 0.717) is 6.42 Å². The lowest BCUT2D eigenvalue weighted by atomic mass is 9.69. The summed E-state index contributed by atoms with van der Waals surface area (Å²) >= 11 is 0. The molecule has 0 fully saturated rings. The van der Waals surface area contributed by atoms with Crippen molar-refractivity contribution in [2.75, 3.05) is 0 Å². The minimum Gasteiger partial charge on any atom is -0.480 e. The van der Waals surface area contributed by atoms with Gasteiger partial charge in [-0.25, -0.2) is 4.79 Å². The Morgan fingerprint density at radius 1 is 1.20 bits per heavy atom. The zero-order valence-electron chi connectivity index (χ0n) is 9.11. The normalized spacial score (nSPS) is 16.5. The number of carbonyl (C=O) groups is 3. The highest BCUT2D eigenvalue weighted by Gasteiger charge is 2.51. The standard InChI is InChI=1S/C10H16O5/c1-4-6(3)10(5-2,9(14)15)7(11)8(12)13/h6H,4-5H2,1-3H3,(H,12,13)(H,14,15). The van der Waals surface area contributed by atoms with E-state index in [4.69, 9.17) is 10.2 Å². The number of Topliss-reactive ketones (excluding diaryl/α,β-unsaturated/α-hetero) is 1. The molecule has 0 aliphatic rings. The summed E-state index contributed by atoms with van der Waals surface area (Å²) in [5, 5.41) is 17.7. The van der Waals surface area contributed by atoms with Crippen LogP contribution < -0.4 is 0 Å². The van der Waals surface area contributed by atoms with Gasteiger partial charge in [0, 0.05) is 0 Å². The first-order chi connectivity index (χ1) is 6.84. The number of ketones is 1. The summed E-state index contributed by atoms with van der Waals surface area (Å²) in [6, 6.07) is 0. The largest absolute Gasteiger partial charge is 0.480 e. The van der Waals surface area contributed by atoms with Crippen LogP contribution in [0.15, 0.2) is 0 Å². The Morgan fingerprint density at radius 3 is 1.87 bits per heavy atom. The van der Waals surface area contributed by atoms with E-state index in [0.717, 1.165) is 0 Å². The summed E-state index contributed by atoms with van der Waals surface area (Å²) in [6.45, 7) is 4.83. The van der Waals surface area contributed by atoms with E-state index < -0.39 is 29.1 Å². The van der Waals surface area contributed by atoms with Gasteiger partial charge in [-0.1, -0.05) is 27.2 Å². The highest BCUT2D eigenvalue weighted by molar-refractivity contribution is 6.39. The molecule has 2 atom stereocenters. The molecule has 0 aromatic rings. The van der Waals surface area contributed by atoms with Gasteiger partial charge in [0.15, 0.2) is 0 Å². The van der Waals surface area contributed by atoms with Crippen molar-refractivity contribution in [2.45, 2.75) is 33.6 Å². The second-order valence-corrected chi connectivity index (χ2v) is 3.57. The Kier molecular flexibility index (Phi) is 4.45. The molecule has 0 aliphatic heterocycles. The van der Waals surface area contributed by atoms with E-state index in [1.807, 2.05) is 0 Å². The molecule has 0 spiro atoms. The number of hydrogen-bond acceptors (Lipinski definition) is 3. The fraction of sp³-hybridized carbons (Fsp3) is 0.700. The second-order valence-electron chi connectivity index (χ2n) is 3.57. The number of aliphatic carboxylic acids is 2. The van der Waals surface area contributed by atoms with Gasteiger partial charge in [0.2, 0.25) is 0 Å². The molecule has 0 saturated carbocycles. The molecular formula is C10H16O5.